The minimum atomic E-state index is -0.138. The number of carbonyl (C=O) groups excluding carboxylic acids is 1. The number of hydrogen-bond acceptors (Lipinski definition) is 4. The Labute approximate surface area is 160 Å². The normalized spacial score (nSPS) is 10.5. The number of amides is 1. The second-order valence-corrected chi connectivity index (χ2v) is 6.24. The van der Waals surface area contributed by atoms with Crippen LogP contribution in [0.5, 0.6) is 0 Å². The van der Waals surface area contributed by atoms with Gasteiger partial charge in [0.05, 0.1) is 0 Å². The van der Waals surface area contributed by atoms with E-state index in [2.05, 4.69) is 28.3 Å². The number of nitrogens with zero attached hydrogens (tertiary/aromatic N) is 3. The van der Waals surface area contributed by atoms with Crippen molar-refractivity contribution in [2.45, 2.75) is 27.2 Å². The van der Waals surface area contributed by atoms with E-state index in [1.54, 1.807) is 11.0 Å². The molecule has 0 fully saturated rings. The summed E-state index contributed by atoms with van der Waals surface area (Å²) in [5.74, 6) is 0.296. The van der Waals surface area contributed by atoms with Gasteiger partial charge in [-0.1, -0.05) is 43.3 Å². The molecule has 3 rings (SSSR count). The Kier molecular flexibility index (Phi) is 5.81. The Hall–Kier alpha value is -3.21. The van der Waals surface area contributed by atoms with E-state index in [4.69, 9.17) is 0 Å². The van der Waals surface area contributed by atoms with Crippen LogP contribution in [0, 0.1) is 6.92 Å². The monoisotopic (exact) mass is 360 g/mol. The minimum absolute atomic E-state index is 0.138. The van der Waals surface area contributed by atoms with Gasteiger partial charge in [-0.3, -0.25) is 4.79 Å². The molecule has 1 N–H and O–H groups in total. The summed E-state index contributed by atoms with van der Waals surface area (Å²) in [6, 6.07) is 19.4. The van der Waals surface area contributed by atoms with Crippen molar-refractivity contribution in [2.24, 2.45) is 0 Å². The molecule has 0 atom stereocenters. The van der Waals surface area contributed by atoms with Crippen molar-refractivity contribution in [1.29, 1.82) is 0 Å². The molecule has 138 valence electrons. The van der Waals surface area contributed by atoms with Gasteiger partial charge in [0.25, 0.3) is 5.91 Å². The van der Waals surface area contributed by atoms with Crippen molar-refractivity contribution in [3.8, 4) is 0 Å². The highest BCUT2D eigenvalue weighted by atomic mass is 16.2. The Balaban J connectivity index is 1.92. The van der Waals surface area contributed by atoms with Crippen LogP contribution in [0.3, 0.4) is 0 Å². The van der Waals surface area contributed by atoms with Crippen molar-refractivity contribution >= 4 is 23.2 Å². The number of nitrogens with one attached hydrogen (secondary N) is 1. The van der Waals surface area contributed by atoms with Crippen LogP contribution >= 0.6 is 0 Å². The molecule has 0 bridgehead atoms. The van der Waals surface area contributed by atoms with Crippen LogP contribution in [0.1, 0.15) is 35.6 Å². The number of aromatic nitrogens is 2. The van der Waals surface area contributed by atoms with Gasteiger partial charge in [0.1, 0.15) is 5.69 Å². The van der Waals surface area contributed by atoms with E-state index in [9.17, 15) is 4.79 Å². The maximum atomic E-state index is 13.1. The largest absolute Gasteiger partial charge is 0.324 e. The SMILES string of the molecule is CCc1ccccc1Nc1nc(C)cc(C(=O)N(CC)c2ccccc2)n1. The summed E-state index contributed by atoms with van der Waals surface area (Å²) in [4.78, 5) is 23.7. The summed E-state index contributed by atoms with van der Waals surface area (Å²) in [6.45, 7) is 6.49. The lowest BCUT2D eigenvalue weighted by Crippen LogP contribution is -2.31. The lowest BCUT2D eigenvalue weighted by molar-refractivity contribution is 0.0983. The Morgan fingerprint density at radius 3 is 2.41 bits per heavy atom. The fraction of sp³-hybridized carbons (Fsp3) is 0.227. The van der Waals surface area contributed by atoms with Gasteiger partial charge >= 0.3 is 0 Å². The Bertz CT molecular complexity index is 925. The van der Waals surface area contributed by atoms with Crippen molar-refractivity contribution < 1.29 is 4.79 Å². The molecule has 5 heteroatoms. The molecule has 0 saturated carbocycles. The van der Waals surface area contributed by atoms with Gasteiger partial charge < -0.3 is 10.2 Å². The first-order valence-electron chi connectivity index (χ1n) is 9.20. The third kappa shape index (κ3) is 4.31. The molecule has 0 aliphatic heterocycles. The fourth-order valence-corrected chi connectivity index (χ4v) is 2.99. The van der Waals surface area contributed by atoms with Gasteiger partial charge in [-0.2, -0.15) is 0 Å². The van der Waals surface area contributed by atoms with Crippen molar-refractivity contribution in [1.82, 2.24) is 9.97 Å². The number of rotatable bonds is 6. The van der Waals surface area contributed by atoms with Gasteiger partial charge in [-0.25, -0.2) is 9.97 Å². The zero-order valence-electron chi connectivity index (χ0n) is 15.9. The Morgan fingerprint density at radius 2 is 1.70 bits per heavy atom. The zero-order valence-corrected chi connectivity index (χ0v) is 15.9. The molecule has 0 aliphatic carbocycles. The number of benzene rings is 2. The predicted octanol–water partition coefficient (Wildman–Crippen LogP) is 4.76. The van der Waals surface area contributed by atoms with E-state index in [-0.39, 0.29) is 5.91 Å². The van der Waals surface area contributed by atoms with Crippen LogP contribution in [0.4, 0.5) is 17.3 Å². The first-order valence-corrected chi connectivity index (χ1v) is 9.20. The summed E-state index contributed by atoms with van der Waals surface area (Å²) in [5, 5.41) is 3.26. The molecule has 0 unspecified atom stereocenters. The molecule has 1 aromatic heterocycles. The summed E-state index contributed by atoms with van der Waals surface area (Å²) in [6.07, 6.45) is 0.901. The quantitative estimate of drug-likeness (QED) is 0.689. The molecule has 0 aliphatic rings. The molecule has 5 nitrogen and oxygen atoms in total. The smallest absolute Gasteiger partial charge is 0.277 e. The number of carbonyl (C=O) groups is 1. The predicted molar refractivity (Wildman–Crippen MR) is 110 cm³/mol. The second-order valence-electron chi connectivity index (χ2n) is 6.24. The van der Waals surface area contributed by atoms with Crippen molar-refractivity contribution in [3.05, 3.63) is 77.6 Å². The Morgan fingerprint density at radius 1 is 1.00 bits per heavy atom. The molecular weight excluding hydrogens is 336 g/mol. The van der Waals surface area contributed by atoms with E-state index in [0.29, 0.717) is 18.2 Å². The number of anilines is 3. The molecule has 3 aromatic rings. The number of aryl methyl sites for hydroxylation is 2. The maximum absolute atomic E-state index is 13.1. The number of hydrogen-bond donors (Lipinski definition) is 1. The van der Waals surface area contributed by atoms with Crippen LogP contribution in [-0.2, 0) is 6.42 Å². The topological polar surface area (TPSA) is 58.1 Å². The second kappa shape index (κ2) is 8.45. The van der Waals surface area contributed by atoms with Gasteiger partial charge in [-0.15, -0.1) is 0 Å². The minimum Gasteiger partial charge on any atom is -0.324 e. The highest BCUT2D eigenvalue weighted by molar-refractivity contribution is 6.05. The molecule has 1 amide bonds. The first-order chi connectivity index (χ1) is 13.1. The highest BCUT2D eigenvalue weighted by Gasteiger charge is 2.19. The van der Waals surface area contributed by atoms with Gasteiger partial charge in [0, 0.05) is 23.6 Å². The molecule has 0 saturated heterocycles. The van der Waals surface area contributed by atoms with E-state index >= 15 is 0 Å². The van der Waals surface area contributed by atoms with Crippen LogP contribution in [0.25, 0.3) is 0 Å². The first kappa shape index (κ1) is 18.6. The van der Waals surface area contributed by atoms with Gasteiger partial charge in [-0.05, 0) is 50.1 Å². The molecule has 0 radical (unpaired) electrons. The van der Waals surface area contributed by atoms with E-state index < -0.39 is 0 Å². The lowest BCUT2D eigenvalue weighted by Gasteiger charge is -2.21. The lowest BCUT2D eigenvalue weighted by atomic mass is 10.1. The van der Waals surface area contributed by atoms with Crippen LogP contribution in [0.15, 0.2) is 60.7 Å². The molecular formula is C22H24N4O. The van der Waals surface area contributed by atoms with Crippen molar-refractivity contribution in [2.75, 3.05) is 16.8 Å². The third-order valence-electron chi connectivity index (χ3n) is 4.35. The fourth-order valence-electron chi connectivity index (χ4n) is 2.99. The van der Waals surface area contributed by atoms with Crippen LogP contribution in [-0.4, -0.2) is 22.4 Å². The summed E-state index contributed by atoms with van der Waals surface area (Å²) in [7, 11) is 0. The zero-order chi connectivity index (χ0) is 19.2. The number of para-hydroxylation sites is 2. The molecule has 0 spiro atoms. The van der Waals surface area contributed by atoms with E-state index in [0.717, 1.165) is 23.5 Å². The van der Waals surface area contributed by atoms with E-state index in [1.165, 1.54) is 5.56 Å². The maximum Gasteiger partial charge on any atom is 0.277 e. The summed E-state index contributed by atoms with van der Waals surface area (Å²) >= 11 is 0. The third-order valence-corrected chi connectivity index (χ3v) is 4.35. The van der Waals surface area contributed by atoms with Gasteiger partial charge in [0.15, 0.2) is 0 Å². The summed E-state index contributed by atoms with van der Waals surface area (Å²) < 4.78 is 0. The molecule has 27 heavy (non-hydrogen) atoms. The standard InChI is InChI=1S/C22H24N4O/c1-4-17-11-9-10-14-19(17)24-22-23-16(3)15-20(25-22)21(27)26(5-2)18-12-7-6-8-13-18/h6-15H,4-5H2,1-3H3,(H,23,24,25). The van der Waals surface area contributed by atoms with Gasteiger partial charge in [0.2, 0.25) is 5.95 Å². The average Bonchev–Trinajstić information content (AvgIpc) is 2.69. The molecule has 2 aromatic carbocycles. The average molecular weight is 360 g/mol. The molecule has 1 heterocycles. The van der Waals surface area contributed by atoms with E-state index in [1.807, 2.05) is 62.4 Å². The highest BCUT2D eigenvalue weighted by Crippen LogP contribution is 2.21. The van der Waals surface area contributed by atoms with Crippen molar-refractivity contribution in [3.63, 3.8) is 0 Å². The van der Waals surface area contributed by atoms with Crippen LogP contribution < -0.4 is 10.2 Å². The van der Waals surface area contributed by atoms with Crippen LogP contribution in [0.2, 0.25) is 0 Å². The summed E-state index contributed by atoms with van der Waals surface area (Å²) in [5.41, 5.74) is 4.11.